The normalized spacial score (nSPS) is 10.7. The Hall–Kier alpha value is -0.700. The van der Waals surface area contributed by atoms with Gasteiger partial charge in [-0.3, -0.25) is 9.59 Å². The van der Waals surface area contributed by atoms with E-state index < -0.39 is 0 Å². The van der Waals surface area contributed by atoms with E-state index in [4.69, 9.17) is 5.11 Å². The van der Waals surface area contributed by atoms with E-state index in [1.165, 1.54) is 0 Å². The molecular formula is C12H22O3. The zero-order chi connectivity index (χ0) is 11.7. The number of carbonyl (C=O) groups is 2. The van der Waals surface area contributed by atoms with E-state index >= 15 is 0 Å². The summed E-state index contributed by atoms with van der Waals surface area (Å²) < 4.78 is 0. The summed E-state index contributed by atoms with van der Waals surface area (Å²) in [6, 6.07) is 0. The van der Waals surface area contributed by atoms with Gasteiger partial charge in [-0.1, -0.05) is 20.3 Å². The van der Waals surface area contributed by atoms with E-state index in [9.17, 15) is 9.59 Å². The molecule has 0 aliphatic heterocycles. The molecule has 0 fully saturated rings. The first-order valence-corrected chi connectivity index (χ1v) is 5.70. The van der Waals surface area contributed by atoms with Crippen molar-refractivity contribution in [3.05, 3.63) is 0 Å². The summed E-state index contributed by atoms with van der Waals surface area (Å²) in [6.07, 6.45) is 3.46. The highest BCUT2D eigenvalue weighted by Crippen LogP contribution is 2.06. The van der Waals surface area contributed by atoms with Gasteiger partial charge in [-0.15, -0.1) is 0 Å². The summed E-state index contributed by atoms with van der Waals surface area (Å²) in [6.45, 7) is 4.13. The molecular weight excluding hydrogens is 192 g/mol. The second-order valence-electron chi connectivity index (χ2n) is 4.39. The maximum Gasteiger partial charge on any atom is 0.140 e. The largest absolute Gasteiger partial charge is 0.396 e. The number of hydrogen-bond donors (Lipinski definition) is 1. The average Bonchev–Trinajstić information content (AvgIpc) is 2.10. The Balaban J connectivity index is 3.51. The van der Waals surface area contributed by atoms with Crippen molar-refractivity contribution in [1.82, 2.24) is 0 Å². The second-order valence-corrected chi connectivity index (χ2v) is 4.39. The molecule has 0 spiro atoms. The van der Waals surface area contributed by atoms with Crippen LogP contribution in [0.5, 0.6) is 0 Å². The summed E-state index contributed by atoms with van der Waals surface area (Å²) in [5.74, 6) is 0.426. The Bertz CT molecular complexity index is 197. The fourth-order valence-corrected chi connectivity index (χ4v) is 1.45. The lowest BCUT2D eigenvalue weighted by Gasteiger charge is -2.03. The van der Waals surface area contributed by atoms with Gasteiger partial charge in [-0.05, 0) is 18.8 Å². The first-order valence-electron chi connectivity index (χ1n) is 5.70. The van der Waals surface area contributed by atoms with Gasteiger partial charge in [0.25, 0.3) is 0 Å². The molecule has 0 radical (unpaired) electrons. The molecule has 0 bridgehead atoms. The number of hydrogen-bond acceptors (Lipinski definition) is 3. The van der Waals surface area contributed by atoms with Gasteiger partial charge in [0.15, 0.2) is 0 Å². The summed E-state index contributed by atoms with van der Waals surface area (Å²) >= 11 is 0. The molecule has 88 valence electrons. The number of Topliss-reactive ketones (excluding diaryl/α,β-unsaturated/α-hetero) is 2. The van der Waals surface area contributed by atoms with Crippen LogP contribution < -0.4 is 0 Å². The van der Waals surface area contributed by atoms with E-state index in [1.807, 2.05) is 13.8 Å². The van der Waals surface area contributed by atoms with Crippen molar-refractivity contribution in [3.63, 3.8) is 0 Å². The number of rotatable bonds is 9. The first-order chi connectivity index (χ1) is 7.06. The molecule has 0 amide bonds. The summed E-state index contributed by atoms with van der Waals surface area (Å²) in [4.78, 5) is 22.6. The highest BCUT2D eigenvalue weighted by Gasteiger charge is 2.10. The Kier molecular flexibility index (Phi) is 8.19. The standard InChI is InChI=1S/C12H22O3/c1-10(2)8-12(15)9-11(14)6-4-3-5-7-13/h10,13H,3-9H2,1-2H3. The minimum atomic E-state index is 0.0404. The Morgan fingerprint density at radius 1 is 1.07 bits per heavy atom. The summed E-state index contributed by atoms with van der Waals surface area (Å²) in [5, 5.41) is 8.54. The van der Waals surface area contributed by atoms with E-state index in [1.54, 1.807) is 0 Å². The lowest BCUT2D eigenvalue weighted by molar-refractivity contribution is -0.127. The number of aliphatic hydroxyl groups is 1. The molecule has 0 aromatic carbocycles. The molecule has 0 heterocycles. The van der Waals surface area contributed by atoms with Crippen LogP contribution in [0.1, 0.15) is 52.4 Å². The number of aliphatic hydroxyl groups excluding tert-OH is 1. The van der Waals surface area contributed by atoms with Crippen molar-refractivity contribution in [1.29, 1.82) is 0 Å². The zero-order valence-corrected chi connectivity index (χ0v) is 9.79. The first kappa shape index (κ1) is 14.3. The molecule has 0 aromatic rings. The van der Waals surface area contributed by atoms with Crippen LogP contribution in [0.3, 0.4) is 0 Å². The van der Waals surface area contributed by atoms with Crippen LogP contribution in [0, 0.1) is 5.92 Å². The molecule has 0 saturated heterocycles. The molecule has 0 aliphatic carbocycles. The lowest BCUT2D eigenvalue weighted by Crippen LogP contribution is -2.09. The molecule has 0 aromatic heterocycles. The minimum absolute atomic E-state index is 0.0404. The zero-order valence-electron chi connectivity index (χ0n) is 9.79. The van der Waals surface area contributed by atoms with Crippen molar-refractivity contribution in [2.75, 3.05) is 6.61 Å². The predicted octanol–water partition coefficient (Wildman–Crippen LogP) is 2.11. The van der Waals surface area contributed by atoms with Crippen LogP contribution in [0.25, 0.3) is 0 Å². The molecule has 1 N–H and O–H groups in total. The third kappa shape index (κ3) is 9.60. The van der Waals surface area contributed by atoms with Gasteiger partial charge < -0.3 is 5.11 Å². The van der Waals surface area contributed by atoms with E-state index in [0.717, 1.165) is 19.3 Å². The number of unbranched alkanes of at least 4 members (excludes halogenated alkanes) is 2. The van der Waals surface area contributed by atoms with Crippen molar-refractivity contribution in [2.45, 2.75) is 52.4 Å². The average molecular weight is 214 g/mol. The van der Waals surface area contributed by atoms with Gasteiger partial charge in [0.2, 0.25) is 0 Å². The van der Waals surface area contributed by atoms with E-state index in [2.05, 4.69) is 0 Å². The Morgan fingerprint density at radius 2 is 1.73 bits per heavy atom. The molecule has 15 heavy (non-hydrogen) atoms. The van der Waals surface area contributed by atoms with Gasteiger partial charge in [0.05, 0.1) is 6.42 Å². The fraction of sp³-hybridized carbons (Fsp3) is 0.833. The smallest absolute Gasteiger partial charge is 0.140 e. The van der Waals surface area contributed by atoms with Crippen LogP contribution >= 0.6 is 0 Å². The number of ketones is 2. The van der Waals surface area contributed by atoms with Crippen LogP contribution in [-0.4, -0.2) is 23.3 Å². The SMILES string of the molecule is CC(C)CC(=O)CC(=O)CCCCCO. The molecule has 3 nitrogen and oxygen atoms in total. The van der Waals surface area contributed by atoms with E-state index in [-0.39, 0.29) is 24.6 Å². The number of carbonyl (C=O) groups excluding carboxylic acids is 2. The van der Waals surface area contributed by atoms with Crippen LogP contribution in [0.4, 0.5) is 0 Å². The van der Waals surface area contributed by atoms with Crippen LogP contribution in [0.2, 0.25) is 0 Å². The predicted molar refractivity (Wildman–Crippen MR) is 59.6 cm³/mol. The Labute approximate surface area is 91.9 Å². The second kappa shape index (κ2) is 8.60. The molecule has 0 atom stereocenters. The highest BCUT2D eigenvalue weighted by molar-refractivity contribution is 5.99. The lowest BCUT2D eigenvalue weighted by atomic mass is 10.0. The molecule has 0 aliphatic rings. The maximum absolute atomic E-state index is 11.3. The third-order valence-electron chi connectivity index (χ3n) is 2.14. The fourth-order valence-electron chi connectivity index (χ4n) is 1.45. The third-order valence-corrected chi connectivity index (χ3v) is 2.14. The van der Waals surface area contributed by atoms with Gasteiger partial charge in [-0.25, -0.2) is 0 Å². The Morgan fingerprint density at radius 3 is 2.27 bits per heavy atom. The summed E-state index contributed by atoms with van der Waals surface area (Å²) in [5.41, 5.74) is 0. The molecule has 3 heteroatoms. The van der Waals surface area contributed by atoms with Gasteiger partial charge in [-0.2, -0.15) is 0 Å². The highest BCUT2D eigenvalue weighted by atomic mass is 16.2. The quantitative estimate of drug-likeness (QED) is 0.472. The molecule has 0 rings (SSSR count). The van der Waals surface area contributed by atoms with Crippen molar-refractivity contribution in [3.8, 4) is 0 Å². The van der Waals surface area contributed by atoms with Crippen molar-refractivity contribution < 1.29 is 14.7 Å². The van der Waals surface area contributed by atoms with Gasteiger partial charge >= 0.3 is 0 Å². The van der Waals surface area contributed by atoms with Crippen LogP contribution in [0.15, 0.2) is 0 Å². The maximum atomic E-state index is 11.3. The van der Waals surface area contributed by atoms with Gasteiger partial charge in [0.1, 0.15) is 11.6 Å². The van der Waals surface area contributed by atoms with E-state index in [0.29, 0.717) is 18.8 Å². The minimum Gasteiger partial charge on any atom is -0.396 e. The molecule has 0 unspecified atom stereocenters. The van der Waals surface area contributed by atoms with Gasteiger partial charge in [0, 0.05) is 19.4 Å². The van der Waals surface area contributed by atoms with Crippen molar-refractivity contribution >= 4 is 11.6 Å². The van der Waals surface area contributed by atoms with Crippen LogP contribution in [-0.2, 0) is 9.59 Å². The summed E-state index contributed by atoms with van der Waals surface area (Å²) in [7, 11) is 0. The molecule has 0 saturated carbocycles. The topological polar surface area (TPSA) is 54.4 Å². The monoisotopic (exact) mass is 214 g/mol. The van der Waals surface area contributed by atoms with Crippen molar-refractivity contribution in [2.24, 2.45) is 5.92 Å².